The molecule has 0 spiro atoms. The number of hydrogen-bond acceptors (Lipinski definition) is 4. The summed E-state index contributed by atoms with van der Waals surface area (Å²) >= 11 is 12.0. The summed E-state index contributed by atoms with van der Waals surface area (Å²) in [4.78, 5) is 2.32. The molecule has 0 fully saturated rings. The number of hydrogen-bond donors (Lipinski definition) is 0. The molecule has 3 aromatic rings. The van der Waals surface area contributed by atoms with E-state index < -0.39 is 0 Å². The summed E-state index contributed by atoms with van der Waals surface area (Å²) in [5.74, 6) is 0. The smallest absolute Gasteiger partial charge is 0.0972 e. The first-order valence-corrected chi connectivity index (χ1v) is 7.94. The average molecular weight is 349 g/mol. The number of fused-ring (bicyclic) bond motifs is 1. The van der Waals surface area contributed by atoms with E-state index in [0.717, 1.165) is 31.0 Å². The Morgan fingerprint density at radius 1 is 1.17 bits per heavy atom. The largest absolute Gasteiger partial charge is 0.287 e. The minimum atomic E-state index is 0.503. The maximum absolute atomic E-state index is 6.05. The van der Waals surface area contributed by atoms with Gasteiger partial charge in [-0.25, -0.2) is 4.68 Å². The molecule has 6 nitrogen and oxygen atoms in total. The molecule has 0 unspecified atom stereocenters. The Balaban J connectivity index is 1.49. The monoisotopic (exact) mass is 348 g/mol. The molecule has 0 N–H and O–H groups in total. The summed E-state index contributed by atoms with van der Waals surface area (Å²) in [6.07, 6.45) is 3.85. The van der Waals surface area contributed by atoms with Crippen LogP contribution in [-0.2, 0) is 26.7 Å². The zero-order chi connectivity index (χ0) is 16.0. The van der Waals surface area contributed by atoms with E-state index in [4.69, 9.17) is 23.2 Å². The first kappa shape index (κ1) is 14.7. The van der Waals surface area contributed by atoms with Gasteiger partial charge in [0.25, 0.3) is 0 Å². The number of halogens is 2. The quantitative estimate of drug-likeness (QED) is 0.730. The second-order valence-electron chi connectivity index (χ2n) is 5.64. The molecule has 0 saturated heterocycles. The van der Waals surface area contributed by atoms with Crippen LogP contribution in [-0.4, -0.2) is 29.7 Å². The standard InChI is InChI=1S/C15H14Cl2N6/c1-21-15-9-22(6-10(15)5-18-21)7-11-8-23(20-19-11)12-2-3-13(16)14(17)4-12/h2-5,8H,6-7,9H2,1H3. The van der Waals surface area contributed by atoms with Crippen LogP contribution in [0.25, 0.3) is 5.69 Å². The fourth-order valence-electron chi connectivity index (χ4n) is 2.82. The van der Waals surface area contributed by atoms with Crippen molar-refractivity contribution in [3.63, 3.8) is 0 Å². The van der Waals surface area contributed by atoms with Crippen LogP contribution in [0, 0.1) is 0 Å². The molecule has 3 heterocycles. The molecule has 8 heteroatoms. The van der Waals surface area contributed by atoms with Crippen LogP contribution >= 0.6 is 23.2 Å². The lowest BCUT2D eigenvalue weighted by Crippen LogP contribution is -2.17. The lowest BCUT2D eigenvalue weighted by atomic mass is 10.3. The highest BCUT2D eigenvalue weighted by Gasteiger charge is 2.23. The SMILES string of the molecule is Cn1ncc2c1CN(Cc1cn(-c3ccc(Cl)c(Cl)c3)nn1)C2. The zero-order valence-corrected chi connectivity index (χ0v) is 14.0. The minimum absolute atomic E-state index is 0.503. The third-order valence-electron chi connectivity index (χ3n) is 4.01. The summed E-state index contributed by atoms with van der Waals surface area (Å²) in [6, 6.07) is 5.40. The van der Waals surface area contributed by atoms with Gasteiger partial charge in [-0.3, -0.25) is 9.58 Å². The molecule has 0 amide bonds. The molecule has 4 rings (SSSR count). The van der Waals surface area contributed by atoms with Crippen molar-refractivity contribution < 1.29 is 0 Å². The topological polar surface area (TPSA) is 51.8 Å². The maximum Gasteiger partial charge on any atom is 0.0972 e. The fraction of sp³-hybridized carbons (Fsp3) is 0.267. The molecule has 0 bridgehead atoms. The Hall–Kier alpha value is -1.89. The Morgan fingerprint density at radius 3 is 2.83 bits per heavy atom. The lowest BCUT2D eigenvalue weighted by molar-refractivity contribution is 0.266. The van der Waals surface area contributed by atoms with E-state index in [1.165, 1.54) is 11.3 Å². The molecule has 1 aliphatic rings. The Bertz CT molecular complexity index is 869. The van der Waals surface area contributed by atoms with Gasteiger partial charge in [0.15, 0.2) is 0 Å². The molecule has 2 aromatic heterocycles. The maximum atomic E-state index is 6.05. The van der Waals surface area contributed by atoms with E-state index in [1.54, 1.807) is 16.8 Å². The third-order valence-corrected chi connectivity index (χ3v) is 4.75. The van der Waals surface area contributed by atoms with E-state index >= 15 is 0 Å². The van der Waals surface area contributed by atoms with Crippen molar-refractivity contribution in [2.24, 2.45) is 7.05 Å². The van der Waals surface area contributed by atoms with Gasteiger partial charge in [0.1, 0.15) is 0 Å². The van der Waals surface area contributed by atoms with Crippen molar-refractivity contribution >= 4 is 23.2 Å². The highest BCUT2D eigenvalue weighted by Crippen LogP contribution is 2.25. The summed E-state index contributed by atoms with van der Waals surface area (Å²) in [5.41, 5.74) is 4.30. The van der Waals surface area contributed by atoms with E-state index in [9.17, 15) is 0 Å². The van der Waals surface area contributed by atoms with Gasteiger partial charge in [-0.05, 0) is 18.2 Å². The van der Waals surface area contributed by atoms with Crippen molar-refractivity contribution in [2.75, 3.05) is 0 Å². The molecule has 0 aliphatic carbocycles. The van der Waals surface area contributed by atoms with Crippen LogP contribution in [0.1, 0.15) is 17.0 Å². The Morgan fingerprint density at radius 2 is 2.04 bits per heavy atom. The second kappa shape index (κ2) is 5.63. The fourth-order valence-corrected chi connectivity index (χ4v) is 3.11. The van der Waals surface area contributed by atoms with Gasteiger partial charge >= 0.3 is 0 Å². The summed E-state index contributed by atoms with van der Waals surface area (Å²) in [7, 11) is 1.98. The van der Waals surface area contributed by atoms with Crippen LogP contribution in [0.4, 0.5) is 0 Å². The van der Waals surface area contributed by atoms with Crippen molar-refractivity contribution in [3.05, 3.63) is 57.6 Å². The molecule has 0 saturated carbocycles. The third kappa shape index (κ3) is 2.73. The molecule has 23 heavy (non-hydrogen) atoms. The van der Waals surface area contributed by atoms with Crippen LogP contribution in [0.15, 0.2) is 30.6 Å². The van der Waals surface area contributed by atoms with Gasteiger partial charge in [-0.2, -0.15) is 5.10 Å². The van der Waals surface area contributed by atoms with Crippen LogP contribution in [0.5, 0.6) is 0 Å². The molecule has 1 aromatic carbocycles. The van der Waals surface area contributed by atoms with Crippen molar-refractivity contribution in [3.8, 4) is 5.69 Å². The first-order valence-electron chi connectivity index (χ1n) is 7.19. The van der Waals surface area contributed by atoms with Gasteiger partial charge in [-0.15, -0.1) is 5.10 Å². The summed E-state index contributed by atoms with van der Waals surface area (Å²) in [6.45, 7) is 2.52. The van der Waals surface area contributed by atoms with Crippen LogP contribution in [0.3, 0.4) is 0 Å². The highest BCUT2D eigenvalue weighted by molar-refractivity contribution is 6.42. The molecule has 1 aliphatic heterocycles. The Kier molecular flexibility index (Phi) is 3.60. The van der Waals surface area contributed by atoms with E-state index in [2.05, 4.69) is 20.3 Å². The van der Waals surface area contributed by atoms with Gasteiger partial charge in [0, 0.05) is 32.2 Å². The number of rotatable bonds is 3. The Labute approximate surface area is 143 Å². The molecule has 0 atom stereocenters. The first-order chi connectivity index (χ1) is 11.1. The predicted octanol–water partition coefficient (Wildman–Crippen LogP) is 2.82. The molecular formula is C15H14Cl2N6. The van der Waals surface area contributed by atoms with E-state index in [0.29, 0.717) is 10.0 Å². The average Bonchev–Trinajstić information content (AvgIpc) is 3.21. The predicted molar refractivity (Wildman–Crippen MR) is 87.5 cm³/mol. The molecule has 118 valence electrons. The number of nitrogens with zero attached hydrogens (tertiary/aromatic N) is 6. The molecular weight excluding hydrogens is 335 g/mol. The molecule has 0 radical (unpaired) electrons. The van der Waals surface area contributed by atoms with Crippen molar-refractivity contribution in [1.82, 2.24) is 29.7 Å². The van der Waals surface area contributed by atoms with E-state index in [-0.39, 0.29) is 0 Å². The summed E-state index contributed by atoms with van der Waals surface area (Å²) in [5, 5.41) is 13.7. The number of benzene rings is 1. The minimum Gasteiger partial charge on any atom is -0.287 e. The van der Waals surface area contributed by atoms with Gasteiger partial charge in [0.2, 0.25) is 0 Å². The van der Waals surface area contributed by atoms with Crippen molar-refractivity contribution in [2.45, 2.75) is 19.6 Å². The lowest BCUT2D eigenvalue weighted by Gasteiger charge is -2.12. The highest BCUT2D eigenvalue weighted by atomic mass is 35.5. The summed E-state index contributed by atoms with van der Waals surface area (Å²) < 4.78 is 3.64. The zero-order valence-electron chi connectivity index (χ0n) is 12.4. The van der Waals surface area contributed by atoms with Gasteiger partial charge < -0.3 is 0 Å². The van der Waals surface area contributed by atoms with Crippen LogP contribution in [0.2, 0.25) is 10.0 Å². The second-order valence-corrected chi connectivity index (χ2v) is 6.45. The van der Waals surface area contributed by atoms with Gasteiger partial charge in [0.05, 0.1) is 39.5 Å². The van der Waals surface area contributed by atoms with E-state index in [1.807, 2.05) is 30.2 Å². The van der Waals surface area contributed by atoms with Crippen LogP contribution < -0.4 is 0 Å². The number of aromatic nitrogens is 5. The normalized spacial score (nSPS) is 14.4. The van der Waals surface area contributed by atoms with Crippen molar-refractivity contribution in [1.29, 1.82) is 0 Å². The van der Waals surface area contributed by atoms with Gasteiger partial charge in [-0.1, -0.05) is 28.4 Å². The number of aryl methyl sites for hydroxylation is 1.